The first kappa shape index (κ1) is 13.8. The lowest BCUT2D eigenvalue weighted by atomic mass is 9.75. The zero-order valence-electron chi connectivity index (χ0n) is 12.8. The second kappa shape index (κ2) is 3.48. The first-order chi connectivity index (χ1) is 7.89. The van der Waals surface area contributed by atoms with E-state index in [1.54, 1.807) is 0 Å². The van der Waals surface area contributed by atoms with Crippen LogP contribution in [0, 0.1) is 5.21 Å². The molecule has 2 N–H and O–H groups in total. The number of rotatable bonds is 0. The molecule has 2 aliphatic rings. The van der Waals surface area contributed by atoms with Gasteiger partial charge in [0.1, 0.15) is 0 Å². The van der Waals surface area contributed by atoms with Gasteiger partial charge in [-0.15, -0.1) is 0 Å². The molecule has 0 unspecified atom stereocenters. The van der Waals surface area contributed by atoms with E-state index in [0.29, 0.717) is 0 Å². The Kier molecular flexibility index (Phi) is 2.67. The van der Waals surface area contributed by atoms with Crippen LogP contribution in [0.5, 0.6) is 0 Å². The third-order valence-electron chi connectivity index (χ3n) is 4.29. The molecular formula is C14H27N3O. The molecule has 104 valence electrons. The number of hydrogen-bond acceptors (Lipinski definition) is 3. The highest BCUT2D eigenvalue weighted by Crippen LogP contribution is 2.40. The molecule has 0 aromatic rings. The van der Waals surface area contributed by atoms with E-state index in [1.165, 1.54) is 4.74 Å². The fourth-order valence-electron chi connectivity index (χ4n) is 4.06. The van der Waals surface area contributed by atoms with Gasteiger partial charge < -0.3 is 10.5 Å². The van der Waals surface area contributed by atoms with Gasteiger partial charge in [0.05, 0.1) is 5.54 Å². The summed E-state index contributed by atoms with van der Waals surface area (Å²) in [5.74, 6) is 0. The summed E-state index contributed by atoms with van der Waals surface area (Å²) >= 11 is 0. The second-order valence-corrected chi connectivity index (χ2v) is 7.91. The SMILES string of the molecule is CC1=[N+]([O-])C2(CC(C)(C)NC(C)(C)C2)NC1(C)C. The molecule has 0 amide bonds. The summed E-state index contributed by atoms with van der Waals surface area (Å²) in [7, 11) is 0. The standard InChI is InChI=1S/C14H27N3O/c1-10-13(6,7)16-14(17(10)18)8-11(2,3)15-12(4,5)9-14/h15-16H,8-9H2,1-7H3. The Labute approximate surface area is 110 Å². The lowest BCUT2D eigenvalue weighted by Gasteiger charge is -2.49. The summed E-state index contributed by atoms with van der Waals surface area (Å²) in [6.45, 7) is 14.8. The average molecular weight is 253 g/mol. The Morgan fingerprint density at radius 2 is 1.39 bits per heavy atom. The van der Waals surface area contributed by atoms with Crippen LogP contribution in [0.25, 0.3) is 0 Å². The summed E-state index contributed by atoms with van der Waals surface area (Å²) < 4.78 is 1.23. The average Bonchev–Trinajstić information content (AvgIpc) is 2.21. The van der Waals surface area contributed by atoms with Crippen molar-refractivity contribution in [2.24, 2.45) is 0 Å². The third-order valence-corrected chi connectivity index (χ3v) is 4.29. The summed E-state index contributed by atoms with van der Waals surface area (Å²) in [5, 5.41) is 19.9. The smallest absolute Gasteiger partial charge is 0.231 e. The zero-order valence-corrected chi connectivity index (χ0v) is 12.8. The monoisotopic (exact) mass is 253 g/mol. The van der Waals surface area contributed by atoms with Crippen molar-refractivity contribution in [3.63, 3.8) is 0 Å². The largest absolute Gasteiger partial charge is 0.622 e. The van der Waals surface area contributed by atoms with Gasteiger partial charge in [-0.2, -0.15) is 4.74 Å². The van der Waals surface area contributed by atoms with Crippen LogP contribution in [0.4, 0.5) is 0 Å². The minimum atomic E-state index is -0.466. The first-order valence-corrected chi connectivity index (χ1v) is 6.79. The predicted molar refractivity (Wildman–Crippen MR) is 74.8 cm³/mol. The van der Waals surface area contributed by atoms with Crippen molar-refractivity contribution < 1.29 is 4.74 Å². The zero-order chi connectivity index (χ0) is 14.0. The number of hydroxylamine groups is 1. The minimum Gasteiger partial charge on any atom is -0.622 e. The van der Waals surface area contributed by atoms with E-state index < -0.39 is 5.66 Å². The van der Waals surface area contributed by atoms with Gasteiger partial charge >= 0.3 is 0 Å². The Bertz CT molecular complexity index is 391. The highest BCUT2D eigenvalue weighted by molar-refractivity contribution is 5.87. The Morgan fingerprint density at radius 1 is 0.944 bits per heavy atom. The molecule has 2 aliphatic heterocycles. The molecule has 4 nitrogen and oxygen atoms in total. The van der Waals surface area contributed by atoms with Gasteiger partial charge in [-0.1, -0.05) is 0 Å². The van der Waals surface area contributed by atoms with E-state index in [2.05, 4.69) is 52.2 Å². The van der Waals surface area contributed by atoms with Crippen molar-refractivity contribution in [1.29, 1.82) is 0 Å². The van der Waals surface area contributed by atoms with Gasteiger partial charge in [-0.3, -0.25) is 0 Å². The molecule has 0 aromatic heterocycles. The van der Waals surface area contributed by atoms with Gasteiger partial charge in [0.2, 0.25) is 5.66 Å². The molecule has 0 aliphatic carbocycles. The second-order valence-electron chi connectivity index (χ2n) is 7.91. The lowest BCUT2D eigenvalue weighted by molar-refractivity contribution is -0.558. The Morgan fingerprint density at radius 3 is 1.72 bits per heavy atom. The predicted octanol–water partition coefficient (Wildman–Crippen LogP) is 1.98. The molecular weight excluding hydrogens is 226 g/mol. The normalized spacial score (nSPS) is 31.9. The molecule has 1 saturated heterocycles. The van der Waals surface area contributed by atoms with Crippen LogP contribution in [0.2, 0.25) is 0 Å². The van der Waals surface area contributed by atoms with Crippen LogP contribution in [-0.4, -0.2) is 32.7 Å². The summed E-state index contributed by atoms with van der Waals surface area (Å²) in [4.78, 5) is 0. The maximum atomic E-state index is 12.7. The van der Waals surface area contributed by atoms with E-state index in [4.69, 9.17) is 0 Å². The number of piperidine rings is 1. The van der Waals surface area contributed by atoms with Crippen LogP contribution >= 0.6 is 0 Å². The fourth-order valence-corrected chi connectivity index (χ4v) is 4.06. The Balaban J connectivity index is 2.45. The highest BCUT2D eigenvalue weighted by Gasteiger charge is 2.59. The Hall–Kier alpha value is -0.610. The van der Waals surface area contributed by atoms with Crippen molar-refractivity contribution in [1.82, 2.24) is 10.6 Å². The van der Waals surface area contributed by atoms with Gasteiger partial charge in [0.15, 0.2) is 5.71 Å². The molecule has 4 heteroatoms. The van der Waals surface area contributed by atoms with Crippen molar-refractivity contribution in [2.75, 3.05) is 0 Å². The molecule has 18 heavy (non-hydrogen) atoms. The molecule has 1 spiro atoms. The van der Waals surface area contributed by atoms with Crippen molar-refractivity contribution in [3.05, 3.63) is 5.21 Å². The van der Waals surface area contributed by atoms with Crippen molar-refractivity contribution in [2.45, 2.75) is 83.6 Å². The van der Waals surface area contributed by atoms with Crippen LogP contribution < -0.4 is 10.6 Å². The summed E-state index contributed by atoms with van der Waals surface area (Å²) in [6.07, 6.45) is 1.63. The topological polar surface area (TPSA) is 50.1 Å². The minimum absolute atomic E-state index is 0.0435. The lowest BCUT2D eigenvalue weighted by Crippen LogP contribution is -2.69. The van der Waals surface area contributed by atoms with E-state index in [-0.39, 0.29) is 16.6 Å². The van der Waals surface area contributed by atoms with Crippen LogP contribution in [0.3, 0.4) is 0 Å². The molecule has 0 aromatic carbocycles. The summed E-state index contributed by atoms with van der Waals surface area (Å²) in [6, 6.07) is 0. The van der Waals surface area contributed by atoms with E-state index in [0.717, 1.165) is 18.6 Å². The van der Waals surface area contributed by atoms with Crippen LogP contribution in [-0.2, 0) is 0 Å². The van der Waals surface area contributed by atoms with Gasteiger partial charge in [-0.25, -0.2) is 5.32 Å². The number of nitrogens with zero attached hydrogens (tertiary/aromatic N) is 1. The van der Waals surface area contributed by atoms with E-state index >= 15 is 0 Å². The molecule has 2 heterocycles. The van der Waals surface area contributed by atoms with Crippen molar-refractivity contribution >= 4 is 5.71 Å². The molecule has 0 atom stereocenters. The van der Waals surface area contributed by atoms with Gasteiger partial charge in [0, 0.05) is 30.8 Å². The molecule has 1 fully saturated rings. The maximum absolute atomic E-state index is 12.7. The quantitative estimate of drug-likeness (QED) is 0.512. The van der Waals surface area contributed by atoms with Gasteiger partial charge in [0.25, 0.3) is 0 Å². The highest BCUT2D eigenvalue weighted by atomic mass is 16.5. The molecule has 2 rings (SSSR count). The molecule has 0 radical (unpaired) electrons. The summed E-state index contributed by atoms with van der Waals surface area (Å²) in [5.41, 5.74) is 0.115. The van der Waals surface area contributed by atoms with Crippen LogP contribution in [0.1, 0.15) is 61.3 Å². The third kappa shape index (κ3) is 2.05. The number of nitrogens with one attached hydrogen (secondary N) is 2. The number of hydrogen-bond donors (Lipinski definition) is 2. The van der Waals surface area contributed by atoms with Crippen LogP contribution in [0.15, 0.2) is 0 Å². The maximum Gasteiger partial charge on any atom is 0.231 e. The van der Waals surface area contributed by atoms with E-state index in [1.807, 2.05) is 6.92 Å². The van der Waals surface area contributed by atoms with Crippen molar-refractivity contribution in [3.8, 4) is 0 Å². The fraction of sp³-hybridized carbons (Fsp3) is 0.929. The van der Waals surface area contributed by atoms with Gasteiger partial charge in [-0.05, 0) is 41.5 Å². The molecule has 0 saturated carbocycles. The molecule has 0 bridgehead atoms. The first-order valence-electron chi connectivity index (χ1n) is 6.79. The van der Waals surface area contributed by atoms with E-state index in [9.17, 15) is 5.21 Å².